The van der Waals surface area contributed by atoms with E-state index >= 15 is 0 Å². The van der Waals surface area contributed by atoms with Gasteiger partial charge in [0.2, 0.25) is 0 Å². The van der Waals surface area contributed by atoms with Crippen LogP contribution in [-0.4, -0.2) is 36.1 Å². The van der Waals surface area contributed by atoms with Crippen LogP contribution in [0.1, 0.15) is 72.1 Å². The minimum absolute atomic E-state index is 0.383. The Morgan fingerprint density at radius 1 is 1.05 bits per heavy atom. The van der Waals surface area contributed by atoms with E-state index in [9.17, 15) is 0 Å². The summed E-state index contributed by atoms with van der Waals surface area (Å²) in [6, 6.07) is 0.662. The molecule has 0 bridgehead atoms. The molecular weight excluding hydrogens is 244 g/mol. The summed E-state index contributed by atoms with van der Waals surface area (Å²) in [5.41, 5.74) is 0.901. The van der Waals surface area contributed by atoms with Crippen molar-refractivity contribution >= 4 is 0 Å². The van der Waals surface area contributed by atoms with Gasteiger partial charge in [0.1, 0.15) is 0 Å². The zero-order chi connectivity index (χ0) is 14.2. The second-order valence-electron chi connectivity index (χ2n) is 8.79. The number of hydrogen-bond donors (Lipinski definition) is 1. The van der Waals surface area contributed by atoms with E-state index in [0.717, 1.165) is 5.92 Å². The van der Waals surface area contributed by atoms with Crippen molar-refractivity contribution in [1.82, 2.24) is 10.2 Å². The summed E-state index contributed by atoms with van der Waals surface area (Å²) >= 11 is 0. The van der Waals surface area contributed by atoms with Gasteiger partial charge in [0.25, 0.3) is 0 Å². The minimum atomic E-state index is 0.383. The predicted molar refractivity (Wildman–Crippen MR) is 86.0 cm³/mol. The van der Waals surface area contributed by atoms with Crippen LogP contribution in [0.4, 0.5) is 0 Å². The molecule has 1 saturated heterocycles. The lowest BCUT2D eigenvalue weighted by Gasteiger charge is -2.52. The summed E-state index contributed by atoms with van der Waals surface area (Å²) in [4.78, 5) is 2.93. The molecule has 3 aliphatic rings. The van der Waals surface area contributed by atoms with Crippen LogP contribution in [0.25, 0.3) is 0 Å². The average molecular weight is 278 g/mol. The van der Waals surface area contributed by atoms with Gasteiger partial charge >= 0.3 is 0 Å². The molecule has 2 nitrogen and oxygen atoms in total. The molecule has 0 aromatic rings. The van der Waals surface area contributed by atoms with Crippen molar-refractivity contribution in [3.8, 4) is 0 Å². The van der Waals surface area contributed by atoms with Gasteiger partial charge in [-0.05, 0) is 37.0 Å². The molecular formula is C18H34N2. The van der Waals surface area contributed by atoms with Gasteiger partial charge < -0.3 is 5.32 Å². The number of nitrogens with zero attached hydrogens (tertiary/aromatic N) is 1. The highest BCUT2D eigenvalue weighted by molar-refractivity contribution is 5.04. The van der Waals surface area contributed by atoms with Crippen molar-refractivity contribution in [2.24, 2.45) is 11.3 Å². The van der Waals surface area contributed by atoms with Crippen LogP contribution in [0.15, 0.2) is 0 Å². The van der Waals surface area contributed by atoms with Gasteiger partial charge in [-0.15, -0.1) is 0 Å². The van der Waals surface area contributed by atoms with E-state index in [4.69, 9.17) is 0 Å². The van der Waals surface area contributed by atoms with Crippen molar-refractivity contribution in [2.75, 3.05) is 19.6 Å². The quantitative estimate of drug-likeness (QED) is 0.826. The summed E-state index contributed by atoms with van der Waals surface area (Å²) in [6.07, 6.45) is 11.7. The van der Waals surface area contributed by atoms with E-state index in [2.05, 4.69) is 31.0 Å². The number of piperazine rings is 1. The lowest BCUT2D eigenvalue weighted by Crippen LogP contribution is -2.66. The lowest BCUT2D eigenvalue weighted by atomic mass is 9.81. The second-order valence-corrected chi connectivity index (χ2v) is 8.79. The molecule has 0 radical (unpaired) electrons. The Labute approximate surface area is 125 Å². The van der Waals surface area contributed by atoms with E-state index in [1.165, 1.54) is 71.0 Å². The van der Waals surface area contributed by atoms with E-state index in [0.29, 0.717) is 17.0 Å². The molecule has 116 valence electrons. The molecule has 0 aromatic carbocycles. The maximum Gasteiger partial charge on any atom is 0.0334 e. The van der Waals surface area contributed by atoms with Crippen LogP contribution in [0.3, 0.4) is 0 Å². The topological polar surface area (TPSA) is 15.3 Å². The Kier molecular flexibility index (Phi) is 4.16. The Hall–Kier alpha value is -0.0800. The maximum absolute atomic E-state index is 3.91. The highest BCUT2D eigenvalue weighted by Crippen LogP contribution is 2.40. The number of rotatable bonds is 2. The molecule has 0 aromatic heterocycles. The van der Waals surface area contributed by atoms with Crippen LogP contribution in [0.2, 0.25) is 0 Å². The first-order chi connectivity index (χ1) is 9.50. The highest BCUT2D eigenvalue weighted by Gasteiger charge is 2.45. The molecule has 1 N–H and O–H groups in total. The number of nitrogens with one attached hydrogen (secondary N) is 1. The normalized spacial score (nSPS) is 32.2. The standard InChI is InChI=1S/C18H34N2/c1-17(2,3)16-13-20(12-15-8-4-5-9-15)18(14-19-16)10-6-7-11-18/h15-16,19H,4-14H2,1-3H3. The van der Waals surface area contributed by atoms with Gasteiger partial charge in [0, 0.05) is 31.2 Å². The Balaban J connectivity index is 1.71. The van der Waals surface area contributed by atoms with Crippen LogP contribution in [0.5, 0.6) is 0 Å². The highest BCUT2D eigenvalue weighted by atomic mass is 15.3. The fourth-order valence-corrected chi connectivity index (χ4v) is 4.78. The molecule has 20 heavy (non-hydrogen) atoms. The molecule has 3 rings (SSSR count). The van der Waals surface area contributed by atoms with Crippen molar-refractivity contribution < 1.29 is 0 Å². The minimum Gasteiger partial charge on any atom is -0.310 e. The molecule has 1 aliphatic heterocycles. The molecule has 2 aliphatic carbocycles. The Morgan fingerprint density at radius 2 is 1.70 bits per heavy atom. The fourth-order valence-electron chi connectivity index (χ4n) is 4.78. The van der Waals surface area contributed by atoms with Gasteiger partial charge in [0.05, 0.1) is 0 Å². The monoisotopic (exact) mass is 278 g/mol. The van der Waals surface area contributed by atoms with Gasteiger partial charge in [0.15, 0.2) is 0 Å². The SMILES string of the molecule is CC(C)(C)C1CN(CC2CCCC2)C2(CCCC2)CN1. The molecule has 1 spiro atoms. The summed E-state index contributed by atoms with van der Waals surface area (Å²) < 4.78 is 0. The van der Waals surface area contributed by atoms with E-state index < -0.39 is 0 Å². The summed E-state index contributed by atoms with van der Waals surface area (Å²) in [7, 11) is 0. The Bertz CT molecular complexity index is 319. The van der Waals surface area contributed by atoms with Gasteiger partial charge in [-0.1, -0.05) is 46.5 Å². The predicted octanol–water partition coefficient (Wildman–Crippen LogP) is 3.81. The zero-order valence-electron chi connectivity index (χ0n) is 13.9. The average Bonchev–Trinajstić information content (AvgIpc) is 3.02. The van der Waals surface area contributed by atoms with Crippen LogP contribution < -0.4 is 5.32 Å². The van der Waals surface area contributed by atoms with Crippen LogP contribution in [0, 0.1) is 11.3 Å². The molecule has 2 heteroatoms. The molecule has 1 atom stereocenters. The van der Waals surface area contributed by atoms with Crippen molar-refractivity contribution in [3.05, 3.63) is 0 Å². The van der Waals surface area contributed by atoms with Crippen molar-refractivity contribution in [3.63, 3.8) is 0 Å². The van der Waals surface area contributed by atoms with Crippen LogP contribution >= 0.6 is 0 Å². The summed E-state index contributed by atoms with van der Waals surface area (Å²) in [5, 5.41) is 3.91. The third-order valence-corrected chi connectivity index (χ3v) is 6.28. The first-order valence-electron chi connectivity index (χ1n) is 8.98. The second kappa shape index (κ2) is 5.61. The Morgan fingerprint density at radius 3 is 2.30 bits per heavy atom. The van der Waals surface area contributed by atoms with Gasteiger partial charge in [-0.3, -0.25) is 4.90 Å². The zero-order valence-corrected chi connectivity index (χ0v) is 13.9. The number of hydrogen-bond acceptors (Lipinski definition) is 2. The third kappa shape index (κ3) is 2.92. The molecule has 1 unspecified atom stereocenters. The fraction of sp³-hybridized carbons (Fsp3) is 1.00. The first kappa shape index (κ1) is 14.8. The van der Waals surface area contributed by atoms with Crippen LogP contribution in [-0.2, 0) is 0 Å². The smallest absolute Gasteiger partial charge is 0.0334 e. The van der Waals surface area contributed by atoms with Crippen molar-refractivity contribution in [2.45, 2.75) is 83.7 Å². The van der Waals surface area contributed by atoms with Gasteiger partial charge in [-0.25, -0.2) is 0 Å². The molecule has 0 amide bonds. The molecule has 3 fully saturated rings. The lowest BCUT2D eigenvalue weighted by molar-refractivity contribution is 0.00652. The van der Waals surface area contributed by atoms with E-state index in [1.54, 1.807) is 0 Å². The van der Waals surface area contributed by atoms with Gasteiger partial charge in [-0.2, -0.15) is 0 Å². The van der Waals surface area contributed by atoms with E-state index in [-0.39, 0.29) is 0 Å². The largest absolute Gasteiger partial charge is 0.310 e. The third-order valence-electron chi connectivity index (χ3n) is 6.28. The van der Waals surface area contributed by atoms with E-state index in [1.807, 2.05) is 0 Å². The summed E-state index contributed by atoms with van der Waals surface area (Å²) in [5.74, 6) is 0.992. The first-order valence-corrected chi connectivity index (χ1v) is 8.98. The molecule has 1 heterocycles. The van der Waals surface area contributed by atoms with Crippen molar-refractivity contribution in [1.29, 1.82) is 0 Å². The maximum atomic E-state index is 3.91. The molecule has 2 saturated carbocycles. The summed E-state index contributed by atoms with van der Waals surface area (Å²) in [6.45, 7) is 11.1.